The van der Waals surface area contributed by atoms with Gasteiger partial charge in [0.05, 0.1) is 32.5 Å². The first-order valence-electron chi connectivity index (χ1n) is 7.27. The Balaban J connectivity index is 3.00. The standard InChI is InChI=1S/C17H23NO4/c1-3-7-14-13-22-11-10-21-9-6-5-8-15(12-19)18-17(20)16(14)4-2/h3-7,12,15H,2,8-11,13H2,1H3,(H,18,20)/b6-5-,7-3-,16-14-. The van der Waals surface area contributed by atoms with Crippen LogP contribution in [0, 0.1) is 0 Å². The maximum atomic E-state index is 12.3. The lowest BCUT2D eigenvalue weighted by molar-refractivity contribution is -0.120. The molecule has 1 heterocycles. The molecule has 120 valence electrons. The molecule has 0 radical (unpaired) electrons. The van der Waals surface area contributed by atoms with Crippen molar-refractivity contribution in [3.8, 4) is 0 Å². The Hall–Kier alpha value is -1.98. The molecule has 0 bridgehead atoms. The van der Waals surface area contributed by atoms with E-state index >= 15 is 0 Å². The first kappa shape index (κ1) is 18.1. The van der Waals surface area contributed by atoms with Gasteiger partial charge in [-0.25, -0.2) is 0 Å². The van der Waals surface area contributed by atoms with Crippen LogP contribution in [-0.4, -0.2) is 44.7 Å². The smallest absolute Gasteiger partial charge is 0.252 e. The van der Waals surface area contributed by atoms with Crippen LogP contribution >= 0.6 is 0 Å². The summed E-state index contributed by atoms with van der Waals surface area (Å²) >= 11 is 0. The molecule has 5 nitrogen and oxygen atoms in total. The minimum atomic E-state index is -0.575. The Bertz CT molecular complexity index is 477. The molecule has 0 aromatic carbocycles. The van der Waals surface area contributed by atoms with Gasteiger partial charge >= 0.3 is 0 Å². The van der Waals surface area contributed by atoms with Crippen LogP contribution in [0.1, 0.15) is 13.3 Å². The van der Waals surface area contributed by atoms with Crippen LogP contribution in [0.15, 0.2) is 48.1 Å². The number of carbonyl (C=O) groups excluding carboxylic acids is 2. The topological polar surface area (TPSA) is 64.6 Å². The van der Waals surface area contributed by atoms with Crippen molar-refractivity contribution < 1.29 is 19.1 Å². The van der Waals surface area contributed by atoms with Gasteiger partial charge in [-0.2, -0.15) is 0 Å². The van der Waals surface area contributed by atoms with Crippen molar-refractivity contribution in [1.82, 2.24) is 5.32 Å². The molecule has 22 heavy (non-hydrogen) atoms. The fourth-order valence-corrected chi connectivity index (χ4v) is 1.94. The van der Waals surface area contributed by atoms with Crippen LogP contribution in [0.5, 0.6) is 0 Å². The van der Waals surface area contributed by atoms with E-state index in [1.165, 1.54) is 6.08 Å². The van der Waals surface area contributed by atoms with E-state index in [1.807, 2.05) is 25.2 Å². The van der Waals surface area contributed by atoms with Gasteiger partial charge in [0.15, 0.2) is 0 Å². The summed E-state index contributed by atoms with van der Waals surface area (Å²) in [5.41, 5.74) is 1.12. The Morgan fingerprint density at radius 3 is 2.77 bits per heavy atom. The number of rotatable bonds is 3. The molecule has 1 atom stereocenters. The third kappa shape index (κ3) is 6.20. The average molecular weight is 305 g/mol. The van der Waals surface area contributed by atoms with Gasteiger partial charge in [0, 0.05) is 5.57 Å². The summed E-state index contributed by atoms with van der Waals surface area (Å²) in [6, 6.07) is -0.575. The number of amides is 1. The van der Waals surface area contributed by atoms with Crippen LogP contribution in [0.4, 0.5) is 0 Å². The van der Waals surface area contributed by atoms with Crippen molar-refractivity contribution in [3.63, 3.8) is 0 Å². The summed E-state index contributed by atoms with van der Waals surface area (Å²) in [5.74, 6) is -0.328. The number of hydrogen-bond donors (Lipinski definition) is 1. The lowest BCUT2D eigenvalue weighted by atomic mass is 10.1. The van der Waals surface area contributed by atoms with Crippen LogP contribution < -0.4 is 5.32 Å². The molecule has 1 amide bonds. The third-order valence-corrected chi connectivity index (χ3v) is 3.04. The second-order valence-corrected chi connectivity index (χ2v) is 4.69. The van der Waals surface area contributed by atoms with Gasteiger partial charge in [0.2, 0.25) is 0 Å². The van der Waals surface area contributed by atoms with Gasteiger partial charge in [0.1, 0.15) is 6.29 Å². The van der Waals surface area contributed by atoms with Gasteiger partial charge in [-0.3, -0.25) is 4.79 Å². The predicted molar refractivity (Wildman–Crippen MR) is 85.4 cm³/mol. The molecule has 1 rings (SSSR count). The van der Waals surface area contributed by atoms with Crippen LogP contribution in [0.3, 0.4) is 0 Å². The molecule has 0 aromatic heterocycles. The highest BCUT2D eigenvalue weighted by molar-refractivity contribution is 5.98. The third-order valence-electron chi connectivity index (χ3n) is 3.04. The van der Waals surface area contributed by atoms with Gasteiger partial charge in [-0.15, -0.1) is 0 Å². The summed E-state index contributed by atoms with van der Waals surface area (Å²) in [6.45, 7) is 7.20. The SMILES string of the molecule is C=C/C1=C(\C=C/C)COCCOC/C=C\CC(C=O)NC1=O. The van der Waals surface area contributed by atoms with E-state index in [0.717, 1.165) is 6.29 Å². The van der Waals surface area contributed by atoms with Crippen molar-refractivity contribution >= 4 is 12.2 Å². The van der Waals surface area contributed by atoms with Crippen molar-refractivity contribution in [2.24, 2.45) is 0 Å². The summed E-state index contributed by atoms with van der Waals surface area (Å²) in [7, 11) is 0. The molecular weight excluding hydrogens is 282 g/mol. The maximum Gasteiger partial charge on any atom is 0.252 e. The van der Waals surface area contributed by atoms with Gasteiger partial charge in [0.25, 0.3) is 5.91 Å². The van der Waals surface area contributed by atoms with Crippen molar-refractivity contribution in [1.29, 1.82) is 0 Å². The largest absolute Gasteiger partial charge is 0.375 e. The molecular formula is C17H23NO4. The average Bonchev–Trinajstić information content (AvgIpc) is 2.52. The maximum absolute atomic E-state index is 12.3. The normalized spacial score (nSPS) is 27.0. The second kappa shape index (κ2) is 10.7. The first-order valence-corrected chi connectivity index (χ1v) is 7.27. The summed E-state index contributed by atoms with van der Waals surface area (Å²) in [6.07, 6.45) is 9.91. The Kier molecular flexibility index (Phi) is 8.79. The zero-order valence-electron chi connectivity index (χ0n) is 12.9. The molecule has 0 saturated heterocycles. The van der Waals surface area contributed by atoms with Crippen LogP contribution in [0.2, 0.25) is 0 Å². The molecule has 0 aromatic rings. The number of aldehydes is 1. The van der Waals surface area contributed by atoms with E-state index in [2.05, 4.69) is 11.9 Å². The molecule has 0 spiro atoms. The van der Waals surface area contributed by atoms with E-state index in [9.17, 15) is 9.59 Å². The van der Waals surface area contributed by atoms with Crippen molar-refractivity contribution in [3.05, 3.63) is 48.1 Å². The highest BCUT2D eigenvalue weighted by Crippen LogP contribution is 2.10. The summed E-state index contributed by atoms with van der Waals surface area (Å²) in [5, 5.41) is 2.69. The number of carbonyl (C=O) groups is 2. The van der Waals surface area contributed by atoms with Crippen molar-refractivity contribution in [2.75, 3.05) is 26.4 Å². The summed E-state index contributed by atoms with van der Waals surface area (Å²) < 4.78 is 10.9. The quantitative estimate of drug-likeness (QED) is 0.637. The highest BCUT2D eigenvalue weighted by Gasteiger charge is 2.15. The molecule has 1 N–H and O–H groups in total. The van der Waals surface area contributed by atoms with Gasteiger partial charge < -0.3 is 19.6 Å². The number of allylic oxidation sites excluding steroid dienone is 1. The molecule has 1 aliphatic heterocycles. The molecule has 1 aliphatic rings. The fourth-order valence-electron chi connectivity index (χ4n) is 1.94. The predicted octanol–water partition coefficient (Wildman–Crippen LogP) is 1.72. The Labute approximate surface area is 131 Å². The van der Waals surface area contributed by atoms with E-state index in [1.54, 1.807) is 6.08 Å². The Morgan fingerprint density at radius 2 is 2.09 bits per heavy atom. The van der Waals surface area contributed by atoms with Gasteiger partial charge in [-0.1, -0.05) is 37.0 Å². The van der Waals surface area contributed by atoms with E-state index in [-0.39, 0.29) is 12.5 Å². The number of ether oxygens (including phenoxy) is 2. The monoisotopic (exact) mass is 305 g/mol. The summed E-state index contributed by atoms with van der Waals surface area (Å²) in [4.78, 5) is 23.4. The Morgan fingerprint density at radius 1 is 1.32 bits per heavy atom. The first-order chi connectivity index (χ1) is 10.7. The van der Waals surface area contributed by atoms with Crippen LogP contribution in [0.25, 0.3) is 0 Å². The number of hydrogen-bond acceptors (Lipinski definition) is 4. The molecule has 0 saturated carbocycles. The fraction of sp³-hybridized carbons (Fsp3) is 0.412. The van der Waals surface area contributed by atoms with E-state index < -0.39 is 6.04 Å². The van der Waals surface area contributed by atoms with Gasteiger partial charge in [-0.05, 0) is 18.9 Å². The lowest BCUT2D eigenvalue weighted by Gasteiger charge is -2.15. The number of nitrogens with one attached hydrogen (secondary N) is 1. The van der Waals surface area contributed by atoms with E-state index in [4.69, 9.17) is 9.47 Å². The zero-order chi connectivity index (χ0) is 16.2. The lowest BCUT2D eigenvalue weighted by Crippen LogP contribution is -2.36. The second-order valence-electron chi connectivity index (χ2n) is 4.69. The minimum absolute atomic E-state index is 0.282. The highest BCUT2D eigenvalue weighted by atomic mass is 16.5. The minimum Gasteiger partial charge on any atom is -0.375 e. The van der Waals surface area contributed by atoms with E-state index in [0.29, 0.717) is 37.4 Å². The zero-order valence-corrected chi connectivity index (χ0v) is 12.9. The molecule has 0 aliphatic carbocycles. The molecule has 5 heteroatoms. The molecule has 0 fully saturated rings. The van der Waals surface area contributed by atoms with Crippen molar-refractivity contribution in [2.45, 2.75) is 19.4 Å². The molecule has 1 unspecified atom stereocenters. The van der Waals surface area contributed by atoms with Crippen LogP contribution in [-0.2, 0) is 19.1 Å².